The van der Waals surface area contributed by atoms with Crippen LogP contribution in [0.15, 0.2) is 12.4 Å². The van der Waals surface area contributed by atoms with Gasteiger partial charge in [0, 0.05) is 37.9 Å². The third kappa shape index (κ3) is 4.76. The van der Waals surface area contributed by atoms with Crippen LogP contribution in [0.2, 0.25) is 0 Å². The average molecular weight is 323 g/mol. The van der Waals surface area contributed by atoms with Gasteiger partial charge in [-0.3, -0.25) is 4.79 Å². The Bertz CT molecular complexity index is 494. The first kappa shape index (κ1) is 17.9. The molecule has 0 unspecified atom stereocenters. The number of amides is 1. The molecule has 3 N–H and O–H groups in total. The molecular weight excluding hydrogens is 294 g/mol. The van der Waals surface area contributed by atoms with Crippen LogP contribution in [-0.4, -0.2) is 76.7 Å². The van der Waals surface area contributed by atoms with E-state index in [0.29, 0.717) is 19.0 Å². The van der Waals surface area contributed by atoms with Gasteiger partial charge in [0.25, 0.3) is 0 Å². The van der Waals surface area contributed by atoms with Crippen LogP contribution in [0.5, 0.6) is 0 Å². The minimum absolute atomic E-state index is 0.153. The number of hydrogen-bond acceptors (Lipinski definition) is 5. The standard InChI is InChI=1S/C16H29N5O2/c1-19(2)7-3-8-20-11-6-18-15(20)13-4-9-21(10-5-13)16(23)14(17)12-22/h6,11,13-14,22H,3-5,7-10,12,17H2,1-2H3/t14-/m0/s1. The summed E-state index contributed by atoms with van der Waals surface area (Å²) in [5.74, 6) is 1.36. The van der Waals surface area contributed by atoms with Gasteiger partial charge in [0.05, 0.1) is 6.61 Å². The van der Waals surface area contributed by atoms with Crippen LogP contribution in [0.1, 0.15) is 31.0 Å². The number of nitrogens with zero attached hydrogens (tertiary/aromatic N) is 4. The molecule has 0 bridgehead atoms. The van der Waals surface area contributed by atoms with E-state index in [4.69, 9.17) is 10.8 Å². The van der Waals surface area contributed by atoms with Gasteiger partial charge in [0.2, 0.25) is 5.91 Å². The van der Waals surface area contributed by atoms with E-state index in [1.807, 2.05) is 12.4 Å². The quantitative estimate of drug-likeness (QED) is 0.729. The van der Waals surface area contributed by atoms with Crippen LogP contribution in [-0.2, 0) is 11.3 Å². The van der Waals surface area contributed by atoms with Crippen molar-refractivity contribution in [3.63, 3.8) is 0 Å². The predicted octanol–water partition coefficient (Wildman–Crippen LogP) is -0.140. The zero-order valence-corrected chi connectivity index (χ0v) is 14.2. The molecule has 1 aromatic heterocycles. The maximum absolute atomic E-state index is 12.0. The second kappa shape index (κ2) is 8.42. The highest BCUT2D eigenvalue weighted by Crippen LogP contribution is 2.27. The van der Waals surface area contributed by atoms with Crippen LogP contribution in [0.25, 0.3) is 0 Å². The lowest BCUT2D eigenvalue weighted by Crippen LogP contribution is -2.48. The van der Waals surface area contributed by atoms with Crippen molar-refractivity contribution in [2.45, 2.75) is 37.8 Å². The molecule has 0 radical (unpaired) electrons. The van der Waals surface area contributed by atoms with Crippen LogP contribution < -0.4 is 5.73 Å². The Labute approximate surface area is 138 Å². The number of hydrogen-bond donors (Lipinski definition) is 2. The number of likely N-dealkylation sites (tertiary alicyclic amines) is 1. The van der Waals surface area contributed by atoms with Gasteiger partial charge in [-0.2, -0.15) is 0 Å². The van der Waals surface area contributed by atoms with Crippen molar-refractivity contribution in [3.8, 4) is 0 Å². The highest BCUT2D eigenvalue weighted by atomic mass is 16.3. The maximum atomic E-state index is 12.0. The monoisotopic (exact) mass is 323 g/mol. The molecule has 7 heteroatoms. The van der Waals surface area contributed by atoms with Gasteiger partial charge < -0.3 is 25.2 Å². The van der Waals surface area contributed by atoms with Gasteiger partial charge in [-0.05, 0) is 39.9 Å². The topological polar surface area (TPSA) is 87.6 Å². The van der Waals surface area contributed by atoms with Crippen molar-refractivity contribution in [2.24, 2.45) is 5.73 Å². The first-order valence-electron chi connectivity index (χ1n) is 8.34. The lowest BCUT2D eigenvalue weighted by Gasteiger charge is -2.33. The fourth-order valence-corrected chi connectivity index (χ4v) is 3.10. The Kier molecular flexibility index (Phi) is 6.56. The smallest absolute Gasteiger partial charge is 0.241 e. The van der Waals surface area contributed by atoms with Crippen molar-refractivity contribution in [1.29, 1.82) is 0 Å². The van der Waals surface area contributed by atoms with Gasteiger partial charge in [-0.1, -0.05) is 0 Å². The summed E-state index contributed by atoms with van der Waals surface area (Å²) in [6.07, 6.45) is 6.80. The number of carbonyl (C=O) groups excluding carboxylic acids is 1. The molecule has 130 valence electrons. The molecule has 1 aliphatic rings. The lowest BCUT2D eigenvalue weighted by molar-refractivity contribution is -0.134. The molecule has 0 saturated carbocycles. The predicted molar refractivity (Wildman–Crippen MR) is 89.0 cm³/mol. The number of nitrogens with two attached hydrogens (primary N) is 1. The summed E-state index contributed by atoms with van der Waals surface area (Å²) in [4.78, 5) is 20.5. The Morgan fingerprint density at radius 1 is 1.48 bits per heavy atom. The van der Waals surface area contributed by atoms with Gasteiger partial charge in [0.15, 0.2) is 0 Å². The molecule has 2 heterocycles. The molecule has 0 aliphatic carbocycles. The fourth-order valence-electron chi connectivity index (χ4n) is 3.10. The van der Waals surface area contributed by atoms with Crippen LogP contribution in [0.4, 0.5) is 0 Å². The first-order valence-corrected chi connectivity index (χ1v) is 8.34. The second-order valence-corrected chi connectivity index (χ2v) is 6.52. The summed E-state index contributed by atoms with van der Waals surface area (Å²) in [5, 5.41) is 9.01. The highest BCUT2D eigenvalue weighted by Gasteiger charge is 2.28. The number of carbonyl (C=O) groups is 1. The summed E-state index contributed by atoms with van der Waals surface area (Å²) < 4.78 is 2.24. The maximum Gasteiger partial charge on any atom is 0.241 e. The molecule has 0 spiro atoms. The Hall–Kier alpha value is -1.44. The highest BCUT2D eigenvalue weighted by molar-refractivity contribution is 5.81. The third-order valence-electron chi connectivity index (χ3n) is 4.44. The molecule has 1 atom stereocenters. The number of aryl methyl sites for hydroxylation is 1. The third-order valence-corrected chi connectivity index (χ3v) is 4.44. The molecule has 23 heavy (non-hydrogen) atoms. The van der Waals surface area contributed by atoms with Crippen molar-refractivity contribution in [2.75, 3.05) is 40.3 Å². The molecule has 0 aromatic carbocycles. The molecule has 1 fully saturated rings. The Morgan fingerprint density at radius 2 is 2.17 bits per heavy atom. The number of aromatic nitrogens is 2. The van der Waals surface area contributed by atoms with E-state index in [9.17, 15) is 4.79 Å². The minimum atomic E-state index is -0.792. The number of aliphatic hydroxyl groups is 1. The SMILES string of the molecule is CN(C)CCCn1ccnc1C1CCN(C(=O)[C@@H](N)CO)CC1. The van der Waals surface area contributed by atoms with E-state index < -0.39 is 6.04 Å². The van der Waals surface area contributed by atoms with Crippen molar-refractivity contribution in [1.82, 2.24) is 19.4 Å². The molecule has 1 aliphatic heterocycles. The first-order chi connectivity index (χ1) is 11.0. The summed E-state index contributed by atoms with van der Waals surface area (Å²) in [7, 11) is 4.16. The normalized spacial score (nSPS) is 17.7. The number of aliphatic hydroxyl groups excluding tert-OH is 1. The number of imidazole rings is 1. The second-order valence-electron chi connectivity index (χ2n) is 6.52. The zero-order chi connectivity index (χ0) is 16.8. The summed E-state index contributed by atoms with van der Waals surface area (Å²) in [6, 6.07) is -0.792. The Morgan fingerprint density at radius 3 is 2.78 bits per heavy atom. The van der Waals surface area contributed by atoms with E-state index in [2.05, 4.69) is 28.5 Å². The zero-order valence-electron chi connectivity index (χ0n) is 14.2. The van der Waals surface area contributed by atoms with Gasteiger partial charge in [0.1, 0.15) is 11.9 Å². The lowest BCUT2D eigenvalue weighted by atomic mass is 9.95. The largest absolute Gasteiger partial charge is 0.394 e. The molecule has 1 saturated heterocycles. The Balaban J connectivity index is 1.88. The van der Waals surface area contributed by atoms with Crippen LogP contribution in [0.3, 0.4) is 0 Å². The summed E-state index contributed by atoms with van der Waals surface area (Å²) in [5.41, 5.74) is 5.62. The van der Waals surface area contributed by atoms with E-state index in [-0.39, 0.29) is 12.5 Å². The number of rotatable bonds is 7. The van der Waals surface area contributed by atoms with E-state index in [1.54, 1.807) is 4.90 Å². The molecular formula is C16H29N5O2. The van der Waals surface area contributed by atoms with Crippen LogP contribution >= 0.6 is 0 Å². The van der Waals surface area contributed by atoms with Crippen molar-refractivity contribution in [3.05, 3.63) is 18.2 Å². The van der Waals surface area contributed by atoms with Crippen molar-refractivity contribution < 1.29 is 9.90 Å². The van der Waals surface area contributed by atoms with Gasteiger partial charge >= 0.3 is 0 Å². The van der Waals surface area contributed by atoms with Gasteiger partial charge in [-0.15, -0.1) is 0 Å². The molecule has 2 rings (SSSR count). The minimum Gasteiger partial charge on any atom is -0.394 e. The van der Waals surface area contributed by atoms with E-state index in [0.717, 1.165) is 38.2 Å². The van der Waals surface area contributed by atoms with Gasteiger partial charge in [-0.25, -0.2) is 4.98 Å². The number of piperidine rings is 1. The van der Waals surface area contributed by atoms with E-state index in [1.165, 1.54) is 0 Å². The van der Waals surface area contributed by atoms with E-state index >= 15 is 0 Å². The summed E-state index contributed by atoms with van der Waals surface area (Å²) in [6.45, 7) is 3.10. The van der Waals surface area contributed by atoms with Crippen LogP contribution in [0, 0.1) is 0 Å². The molecule has 1 amide bonds. The fraction of sp³-hybridized carbons (Fsp3) is 0.750. The molecule has 1 aromatic rings. The molecule has 7 nitrogen and oxygen atoms in total. The average Bonchev–Trinajstić information content (AvgIpc) is 3.01. The van der Waals surface area contributed by atoms with Crippen molar-refractivity contribution >= 4 is 5.91 Å². The summed E-state index contributed by atoms with van der Waals surface area (Å²) >= 11 is 0.